The number of benzene rings is 2. The fourth-order valence-corrected chi connectivity index (χ4v) is 4.01. The lowest BCUT2D eigenvalue weighted by molar-refractivity contribution is -0.123. The summed E-state index contributed by atoms with van der Waals surface area (Å²) in [4.78, 5) is 31.3. The zero-order valence-electron chi connectivity index (χ0n) is 16.7. The number of rotatable bonds is 5. The summed E-state index contributed by atoms with van der Waals surface area (Å²) >= 11 is 0. The smallest absolute Gasteiger partial charge is 0.251 e. The molecule has 29 heavy (non-hydrogen) atoms. The summed E-state index contributed by atoms with van der Waals surface area (Å²) in [6.07, 6.45) is 0.221. The molecule has 152 valence electrons. The average Bonchev–Trinajstić information content (AvgIpc) is 3.08. The Hall–Kier alpha value is -3.06. The Morgan fingerprint density at radius 3 is 2.17 bits per heavy atom. The summed E-state index contributed by atoms with van der Waals surface area (Å²) < 4.78 is 10.4. The minimum atomic E-state index is -0.397. The van der Waals surface area contributed by atoms with Crippen molar-refractivity contribution in [1.29, 1.82) is 0 Å². The maximum Gasteiger partial charge on any atom is 0.251 e. The number of amides is 2. The zero-order valence-corrected chi connectivity index (χ0v) is 16.7. The molecule has 2 aromatic rings. The first-order chi connectivity index (χ1) is 14.1. The molecule has 7 heteroatoms. The van der Waals surface area contributed by atoms with Crippen molar-refractivity contribution in [3.8, 4) is 11.5 Å². The second kappa shape index (κ2) is 8.13. The Morgan fingerprint density at radius 2 is 1.52 bits per heavy atom. The molecule has 0 bridgehead atoms. The van der Waals surface area contributed by atoms with Crippen LogP contribution in [0.25, 0.3) is 0 Å². The van der Waals surface area contributed by atoms with Gasteiger partial charge in [0.05, 0.1) is 32.4 Å². The van der Waals surface area contributed by atoms with Crippen molar-refractivity contribution in [1.82, 2.24) is 4.90 Å². The molecule has 0 spiro atoms. The van der Waals surface area contributed by atoms with E-state index in [0.29, 0.717) is 11.4 Å². The SMILES string of the molecule is COc1ccc(N2CCN(C3CC(=O)N(c4cccc(OC)c4)C3=O)CC2)cc1. The minimum absolute atomic E-state index is 0.152. The molecular formula is C22H25N3O4. The van der Waals surface area contributed by atoms with Gasteiger partial charge >= 0.3 is 0 Å². The van der Waals surface area contributed by atoms with Gasteiger partial charge in [0.15, 0.2) is 0 Å². The maximum absolute atomic E-state index is 13.0. The first-order valence-corrected chi connectivity index (χ1v) is 9.74. The number of anilines is 2. The van der Waals surface area contributed by atoms with Crippen LogP contribution in [0.5, 0.6) is 11.5 Å². The molecule has 0 aromatic heterocycles. The van der Waals surface area contributed by atoms with Gasteiger partial charge in [-0.05, 0) is 36.4 Å². The number of hydrogen-bond acceptors (Lipinski definition) is 6. The number of carbonyl (C=O) groups excluding carboxylic acids is 2. The van der Waals surface area contributed by atoms with E-state index in [2.05, 4.69) is 9.80 Å². The number of methoxy groups -OCH3 is 2. The van der Waals surface area contributed by atoms with Gasteiger partial charge in [0.2, 0.25) is 5.91 Å². The van der Waals surface area contributed by atoms with Gasteiger partial charge in [-0.1, -0.05) is 6.07 Å². The normalized spacial score (nSPS) is 20.3. The summed E-state index contributed by atoms with van der Waals surface area (Å²) in [6.45, 7) is 3.09. The minimum Gasteiger partial charge on any atom is -0.497 e. The van der Waals surface area contributed by atoms with Crippen LogP contribution in [0.3, 0.4) is 0 Å². The lowest BCUT2D eigenvalue weighted by atomic mass is 10.1. The van der Waals surface area contributed by atoms with Crippen LogP contribution in [0.15, 0.2) is 48.5 Å². The van der Waals surface area contributed by atoms with E-state index in [1.54, 1.807) is 38.5 Å². The highest BCUT2D eigenvalue weighted by Crippen LogP contribution is 2.29. The molecule has 2 heterocycles. The number of piperazine rings is 1. The molecule has 1 unspecified atom stereocenters. The molecule has 0 saturated carbocycles. The van der Waals surface area contributed by atoms with Crippen LogP contribution >= 0.6 is 0 Å². The molecule has 2 aromatic carbocycles. The highest BCUT2D eigenvalue weighted by molar-refractivity contribution is 6.22. The molecule has 7 nitrogen and oxygen atoms in total. The first-order valence-electron chi connectivity index (χ1n) is 9.74. The summed E-state index contributed by atoms with van der Waals surface area (Å²) in [6, 6.07) is 14.7. The van der Waals surface area contributed by atoms with Gasteiger partial charge in [-0.15, -0.1) is 0 Å². The topological polar surface area (TPSA) is 62.3 Å². The van der Waals surface area contributed by atoms with Crippen molar-refractivity contribution in [2.45, 2.75) is 12.5 Å². The predicted molar refractivity (Wildman–Crippen MR) is 111 cm³/mol. The average molecular weight is 395 g/mol. The van der Waals surface area contributed by atoms with E-state index in [0.717, 1.165) is 37.6 Å². The summed E-state index contributed by atoms with van der Waals surface area (Å²) in [5, 5.41) is 0. The molecular weight excluding hydrogens is 370 g/mol. The largest absolute Gasteiger partial charge is 0.497 e. The Labute approximate surface area is 170 Å². The van der Waals surface area contributed by atoms with E-state index in [1.165, 1.54) is 4.90 Å². The fraction of sp³-hybridized carbons (Fsp3) is 0.364. The van der Waals surface area contributed by atoms with Crippen molar-refractivity contribution >= 4 is 23.2 Å². The molecule has 2 saturated heterocycles. The number of ether oxygens (including phenoxy) is 2. The monoisotopic (exact) mass is 395 g/mol. The van der Waals surface area contributed by atoms with Crippen molar-refractivity contribution in [3.05, 3.63) is 48.5 Å². The quantitative estimate of drug-likeness (QED) is 0.723. The van der Waals surface area contributed by atoms with Gasteiger partial charge in [0.25, 0.3) is 5.91 Å². The van der Waals surface area contributed by atoms with E-state index in [4.69, 9.17) is 9.47 Å². The predicted octanol–water partition coefficient (Wildman–Crippen LogP) is 2.16. The molecule has 2 amide bonds. The molecule has 4 rings (SSSR count). The van der Waals surface area contributed by atoms with Crippen LogP contribution in [-0.4, -0.2) is 63.2 Å². The van der Waals surface area contributed by atoms with Crippen LogP contribution < -0.4 is 19.3 Å². The second-order valence-electron chi connectivity index (χ2n) is 7.21. The molecule has 0 N–H and O–H groups in total. The van der Waals surface area contributed by atoms with Crippen molar-refractivity contribution in [2.24, 2.45) is 0 Å². The molecule has 2 fully saturated rings. The molecule has 2 aliphatic rings. The highest BCUT2D eigenvalue weighted by Gasteiger charge is 2.43. The van der Waals surface area contributed by atoms with E-state index in [1.807, 2.05) is 24.3 Å². The van der Waals surface area contributed by atoms with Crippen molar-refractivity contribution in [2.75, 3.05) is 50.2 Å². The Morgan fingerprint density at radius 1 is 0.828 bits per heavy atom. The van der Waals surface area contributed by atoms with E-state index in [9.17, 15) is 9.59 Å². The number of imide groups is 1. The lowest BCUT2D eigenvalue weighted by Gasteiger charge is -2.38. The summed E-state index contributed by atoms with van der Waals surface area (Å²) in [7, 11) is 3.22. The van der Waals surface area contributed by atoms with Gasteiger partial charge in [-0.25, -0.2) is 4.90 Å². The number of carbonyl (C=O) groups is 2. The van der Waals surface area contributed by atoms with E-state index >= 15 is 0 Å². The molecule has 0 aliphatic carbocycles. The van der Waals surface area contributed by atoms with Crippen LogP contribution in [0.2, 0.25) is 0 Å². The second-order valence-corrected chi connectivity index (χ2v) is 7.21. The Kier molecular flexibility index (Phi) is 5.40. The van der Waals surface area contributed by atoms with Crippen LogP contribution in [0, 0.1) is 0 Å². The van der Waals surface area contributed by atoms with Crippen LogP contribution in [-0.2, 0) is 9.59 Å². The third-order valence-corrected chi connectivity index (χ3v) is 5.63. The summed E-state index contributed by atoms with van der Waals surface area (Å²) in [5.41, 5.74) is 1.70. The maximum atomic E-state index is 13.0. The summed E-state index contributed by atoms with van der Waals surface area (Å²) in [5.74, 6) is 1.15. The fourth-order valence-electron chi connectivity index (χ4n) is 4.01. The van der Waals surface area contributed by atoms with Gasteiger partial charge < -0.3 is 14.4 Å². The lowest BCUT2D eigenvalue weighted by Crippen LogP contribution is -2.52. The third kappa shape index (κ3) is 3.78. The standard InChI is InChI=1S/C22H25N3O4/c1-28-18-8-6-16(7-9-18)23-10-12-24(13-11-23)20-15-21(26)25(22(20)27)17-4-3-5-19(14-17)29-2/h3-9,14,20H,10-13,15H2,1-2H3. The van der Waals surface area contributed by atoms with Crippen LogP contribution in [0.1, 0.15) is 6.42 Å². The molecule has 0 radical (unpaired) electrons. The van der Waals surface area contributed by atoms with Gasteiger partial charge in [-0.3, -0.25) is 14.5 Å². The molecule has 2 aliphatic heterocycles. The van der Waals surface area contributed by atoms with Gasteiger partial charge in [-0.2, -0.15) is 0 Å². The number of nitrogens with zero attached hydrogens (tertiary/aromatic N) is 3. The highest BCUT2D eigenvalue weighted by atomic mass is 16.5. The first kappa shape index (κ1) is 19.3. The van der Waals surface area contributed by atoms with Crippen molar-refractivity contribution < 1.29 is 19.1 Å². The Bertz CT molecular complexity index is 891. The van der Waals surface area contributed by atoms with Crippen LogP contribution in [0.4, 0.5) is 11.4 Å². The van der Waals surface area contributed by atoms with Gasteiger partial charge in [0, 0.05) is 37.9 Å². The third-order valence-electron chi connectivity index (χ3n) is 5.63. The van der Waals surface area contributed by atoms with E-state index < -0.39 is 6.04 Å². The Balaban J connectivity index is 1.42. The van der Waals surface area contributed by atoms with E-state index in [-0.39, 0.29) is 18.2 Å². The zero-order chi connectivity index (χ0) is 20.4. The molecule has 1 atom stereocenters. The van der Waals surface area contributed by atoms with Gasteiger partial charge in [0.1, 0.15) is 11.5 Å². The number of hydrogen-bond donors (Lipinski definition) is 0. The van der Waals surface area contributed by atoms with Crippen molar-refractivity contribution in [3.63, 3.8) is 0 Å².